The van der Waals surface area contributed by atoms with Gasteiger partial charge in [0.1, 0.15) is 45.5 Å². The zero-order valence-corrected chi connectivity index (χ0v) is 28.2. The minimum atomic E-state index is -1.11. The Balaban J connectivity index is 1.38. The molecule has 6 nitrogen and oxygen atoms in total. The van der Waals surface area contributed by atoms with Gasteiger partial charge in [0.15, 0.2) is 0 Å². The van der Waals surface area contributed by atoms with Gasteiger partial charge in [-0.1, -0.05) is 48.5 Å². The van der Waals surface area contributed by atoms with Crippen molar-refractivity contribution in [2.24, 2.45) is 21.7 Å². The van der Waals surface area contributed by atoms with Crippen LogP contribution in [0.3, 0.4) is 0 Å². The monoisotopic (exact) mass is 620 g/mol. The van der Waals surface area contributed by atoms with Gasteiger partial charge in [-0.05, 0) is 102 Å². The number of carbonyl (C=O) groups excluding carboxylic acids is 4. The molecule has 1 fully saturated rings. The predicted molar refractivity (Wildman–Crippen MR) is 174 cm³/mol. The highest BCUT2D eigenvalue weighted by molar-refractivity contribution is 5.96. The molecule has 240 valence electrons. The molecule has 5 aliphatic heterocycles. The molecule has 6 heteroatoms. The van der Waals surface area contributed by atoms with Gasteiger partial charge in [-0.25, -0.2) is 0 Å². The van der Waals surface area contributed by atoms with Crippen molar-refractivity contribution in [3.05, 3.63) is 95.1 Å². The molecule has 2 aromatic rings. The largest absolute Gasteiger partial charge is 0.349 e. The molecule has 0 aromatic heterocycles. The Morgan fingerprint density at radius 3 is 0.783 bits per heavy atom. The third kappa shape index (κ3) is 3.30. The fraction of sp³-hybridized carbons (Fsp3) is 0.500. The second-order valence-corrected chi connectivity index (χ2v) is 16.1. The maximum absolute atomic E-state index is 14.3. The highest BCUT2D eigenvalue weighted by atomic mass is 16.5. The molecule has 0 amide bonds. The summed E-state index contributed by atoms with van der Waals surface area (Å²) in [5.41, 5.74) is -5.20. The van der Waals surface area contributed by atoms with Crippen LogP contribution in [-0.2, 0) is 51.1 Å². The highest BCUT2D eigenvalue weighted by Crippen LogP contribution is 2.68. The van der Waals surface area contributed by atoms with Gasteiger partial charge < -0.3 is 9.47 Å². The van der Waals surface area contributed by atoms with E-state index in [4.69, 9.17) is 9.47 Å². The normalized spacial score (nSPS) is 36.3. The highest BCUT2D eigenvalue weighted by Gasteiger charge is 2.70. The average Bonchev–Trinajstić information content (AvgIpc) is 3.79. The van der Waals surface area contributed by atoms with Crippen molar-refractivity contribution in [2.45, 2.75) is 103 Å². The van der Waals surface area contributed by atoms with E-state index in [1.165, 1.54) is 0 Å². The molecule has 0 spiro atoms. The quantitative estimate of drug-likeness (QED) is 0.287. The van der Waals surface area contributed by atoms with Crippen molar-refractivity contribution in [1.29, 1.82) is 0 Å². The summed E-state index contributed by atoms with van der Waals surface area (Å²) in [5.74, 6) is -0.362. The minimum absolute atomic E-state index is 0.0300. The molecule has 5 heterocycles. The lowest BCUT2D eigenvalue weighted by atomic mass is 9.60. The summed E-state index contributed by atoms with van der Waals surface area (Å²) in [6, 6.07) is 15.6. The number of Topliss-reactive ketones (excluding diaryl/α,β-unsaturated/α-hetero) is 4. The van der Waals surface area contributed by atoms with Crippen LogP contribution in [0.15, 0.2) is 72.8 Å². The van der Waals surface area contributed by atoms with Crippen molar-refractivity contribution in [2.75, 3.05) is 0 Å². The molecule has 0 radical (unpaired) electrons. The first-order valence-corrected chi connectivity index (χ1v) is 16.5. The first-order chi connectivity index (χ1) is 21.4. The summed E-state index contributed by atoms with van der Waals surface area (Å²) in [5, 5.41) is 0. The Hall–Kier alpha value is -3.48. The first-order valence-electron chi connectivity index (χ1n) is 16.5. The number of rotatable bonds is 0. The molecule has 7 rings (SSSR count). The molecular formula is C40H44O6. The van der Waals surface area contributed by atoms with Crippen LogP contribution in [0.2, 0.25) is 0 Å². The van der Waals surface area contributed by atoms with Gasteiger partial charge in [-0.2, -0.15) is 0 Å². The second-order valence-electron chi connectivity index (χ2n) is 16.1. The maximum Gasteiger partial charge on any atom is 0.142 e. The van der Waals surface area contributed by atoms with Crippen molar-refractivity contribution < 1.29 is 28.7 Å². The van der Waals surface area contributed by atoms with Gasteiger partial charge >= 0.3 is 0 Å². The van der Waals surface area contributed by atoms with Gasteiger partial charge in [-0.15, -0.1) is 0 Å². The van der Waals surface area contributed by atoms with E-state index in [0.717, 1.165) is 22.3 Å². The van der Waals surface area contributed by atoms with Crippen molar-refractivity contribution >= 4 is 23.1 Å². The van der Waals surface area contributed by atoms with Crippen molar-refractivity contribution in [1.82, 2.24) is 0 Å². The van der Waals surface area contributed by atoms with Gasteiger partial charge in [0.05, 0.1) is 21.7 Å². The van der Waals surface area contributed by atoms with Gasteiger partial charge in [0.2, 0.25) is 0 Å². The Morgan fingerprint density at radius 1 is 0.391 bits per heavy atom. The van der Waals surface area contributed by atoms with Crippen LogP contribution in [0.1, 0.15) is 103 Å². The molecule has 4 bridgehead atoms. The van der Waals surface area contributed by atoms with Crippen LogP contribution < -0.4 is 0 Å². The average molecular weight is 621 g/mol. The van der Waals surface area contributed by atoms with Gasteiger partial charge in [0.25, 0.3) is 0 Å². The molecule has 46 heavy (non-hydrogen) atoms. The maximum atomic E-state index is 14.3. The van der Waals surface area contributed by atoms with E-state index in [1.807, 2.05) is 128 Å². The lowest BCUT2D eigenvalue weighted by Gasteiger charge is -2.44. The fourth-order valence-corrected chi connectivity index (χ4v) is 9.18. The first kappa shape index (κ1) is 31.1. The van der Waals surface area contributed by atoms with Crippen LogP contribution >= 0.6 is 0 Å². The zero-order chi connectivity index (χ0) is 33.3. The third-order valence-corrected chi connectivity index (χ3v) is 12.9. The zero-order valence-electron chi connectivity index (χ0n) is 28.2. The molecule has 0 N–H and O–H groups in total. The van der Waals surface area contributed by atoms with Crippen LogP contribution in [0.5, 0.6) is 0 Å². The van der Waals surface area contributed by atoms with Gasteiger partial charge in [-0.3, -0.25) is 19.2 Å². The summed E-state index contributed by atoms with van der Waals surface area (Å²) >= 11 is 0. The molecule has 0 unspecified atom stereocenters. The van der Waals surface area contributed by atoms with Crippen LogP contribution in [-0.4, -0.2) is 23.1 Å². The Morgan fingerprint density at radius 2 is 0.587 bits per heavy atom. The number of benzene rings is 2. The standard InChI is InChI=1S/C40H44O6/c1-33(2)29(41)17-18-30(42)35(5,6)39-23-24-40(46-39,28-16-12-11-15-27(28)39)36(7,8)32(44)20-19-31(43)34(3,4)38-22-21-37(33,45-38)25-13-9-10-14-26(25)38/h9-16,21-24H,17-20H2,1-8H3/t37-,38+,39-,40+. The topological polar surface area (TPSA) is 86.7 Å². The Labute approximate surface area is 271 Å². The minimum Gasteiger partial charge on any atom is -0.349 e. The summed E-state index contributed by atoms with van der Waals surface area (Å²) in [7, 11) is 0. The van der Waals surface area contributed by atoms with E-state index in [0.29, 0.717) is 0 Å². The third-order valence-electron chi connectivity index (χ3n) is 12.9. The van der Waals surface area contributed by atoms with E-state index < -0.39 is 44.1 Å². The van der Waals surface area contributed by atoms with E-state index in [9.17, 15) is 19.2 Å². The van der Waals surface area contributed by atoms with Crippen LogP contribution in [0.4, 0.5) is 0 Å². The SMILES string of the molecule is CC1(C)C(=O)CCC(=O)C(C)(C)[C@@]23C=C[C@@](O2)(c2ccccc23)C(C)(C)C(=O)CCC(=O)C(C)(C)[C@]23C=C[C@]1(O2)c1ccccc13. The number of hydrogen-bond donors (Lipinski definition) is 0. The molecule has 5 aliphatic rings. The summed E-state index contributed by atoms with van der Waals surface area (Å²) in [6.45, 7) is 15.0. The number of hydrogen-bond acceptors (Lipinski definition) is 6. The van der Waals surface area contributed by atoms with Crippen molar-refractivity contribution in [3.63, 3.8) is 0 Å². The van der Waals surface area contributed by atoms with E-state index >= 15 is 0 Å². The van der Waals surface area contributed by atoms with Crippen LogP contribution in [0, 0.1) is 21.7 Å². The number of fused-ring (bicyclic) bond motifs is 2. The lowest BCUT2D eigenvalue weighted by molar-refractivity contribution is -0.187. The van der Waals surface area contributed by atoms with Crippen LogP contribution in [0.25, 0.3) is 0 Å². The Kier molecular flexibility index (Phi) is 6.16. The smallest absolute Gasteiger partial charge is 0.142 e. The van der Waals surface area contributed by atoms with Gasteiger partial charge in [0, 0.05) is 25.7 Å². The number of ether oxygens (including phenoxy) is 2. The molecular weight excluding hydrogens is 576 g/mol. The molecule has 2 aromatic carbocycles. The molecule has 0 saturated carbocycles. The summed E-state index contributed by atoms with van der Waals surface area (Å²) in [4.78, 5) is 57.2. The second kappa shape index (κ2) is 9.11. The molecule has 4 atom stereocenters. The summed E-state index contributed by atoms with van der Waals surface area (Å²) in [6.07, 6.45) is 7.91. The van der Waals surface area contributed by atoms with E-state index in [-0.39, 0.29) is 48.8 Å². The summed E-state index contributed by atoms with van der Waals surface area (Å²) < 4.78 is 14.1. The molecule has 0 aliphatic carbocycles. The van der Waals surface area contributed by atoms with E-state index in [2.05, 4.69) is 0 Å². The predicted octanol–water partition coefficient (Wildman–Crippen LogP) is 7.32. The molecule has 1 saturated heterocycles. The number of carbonyl (C=O) groups is 4. The lowest BCUT2D eigenvalue weighted by Crippen LogP contribution is -2.50. The fourth-order valence-electron chi connectivity index (χ4n) is 9.18. The van der Waals surface area contributed by atoms with E-state index in [1.54, 1.807) is 0 Å². The Bertz CT molecular complexity index is 1550. The number of ketones is 4. The van der Waals surface area contributed by atoms with Crippen molar-refractivity contribution in [3.8, 4) is 0 Å².